The summed E-state index contributed by atoms with van der Waals surface area (Å²) in [6.45, 7) is 1.39. The summed E-state index contributed by atoms with van der Waals surface area (Å²) in [5.74, 6) is -1.23. The summed E-state index contributed by atoms with van der Waals surface area (Å²) >= 11 is 0. The van der Waals surface area contributed by atoms with Crippen LogP contribution in [0.2, 0.25) is 0 Å². The Morgan fingerprint density at radius 2 is 2.00 bits per heavy atom. The fourth-order valence-corrected chi connectivity index (χ4v) is 1.08. The van der Waals surface area contributed by atoms with Crippen LogP contribution in [0.3, 0.4) is 0 Å². The molecule has 0 radical (unpaired) electrons. The smallest absolute Gasteiger partial charge is 0.225 e. The first-order chi connectivity index (χ1) is 6.50. The fraction of sp³-hybridized carbons (Fsp3) is 0.300. The first-order valence-corrected chi connectivity index (χ1v) is 4.23. The maximum absolute atomic E-state index is 11.0. The average Bonchev–Trinajstić information content (AvgIpc) is 2.11. The monoisotopic (exact) mass is 193 g/mol. The number of carbonyl (C=O) groups is 3. The van der Waals surface area contributed by atoms with Crippen LogP contribution in [0.1, 0.15) is 13.3 Å². The summed E-state index contributed by atoms with van der Waals surface area (Å²) in [5, 5.41) is 0. The molecule has 0 amide bonds. The Kier molecular flexibility index (Phi) is 3.09. The Labute approximate surface area is 81.5 Å². The Morgan fingerprint density at radius 1 is 1.36 bits per heavy atom. The molecular formula is C10H11NO3. The van der Waals surface area contributed by atoms with Gasteiger partial charge in [0.05, 0.1) is 6.04 Å². The van der Waals surface area contributed by atoms with E-state index in [9.17, 15) is 14.4 Å². The van der Waals surface area contributed by atoms with E-state index >= 15 is 0 Å². The van der Waals surface area contributed by atoms with E-state index < -0.39 is 17.6 Å². The van der Waals surface area contributed by atoms with Crippen LogP contribution in [0.5, 0.6) is 0 Å². The molecule has 1 unspecified atom stereocenters. The highest BCUT2D eigenvalue weighted by atomic mass is 16.2. The molecule has 0 saturated heterocycles. The number of hydrogen-bond donors (Lipinski definition) is 1. The topological polar surface area (TPSA) is 77.2 Å². The number of nitrogens with two attached hydrogens (primary N) is 1. The quantitative estimate of drug-likeness (QED) is 0.502. The third kappa shape index (κ3) is 2.47. The van der Waals surface area contributed by atoms with Crippen LogP contribution in [0.4, 0.5) is 0 Å². The lowest BCUT2D eigenvalue weighted by Gasteiger charge is -2.09. The van der Waals surface area contributed by atoms with E-state index in [0.29, 0.717) is 12.0 Å². The second-order valence-electron chi connectivity index (χ2n) is 3.20. The van der Waals surface area contributed by atoms with Crippen molar-refractivity contribution in [3.05, 3.63) is 23.8 Å². The molecule has 2 N–H and O–H groups in total. The molecule has 0 aromatic heterocycles. The molecule has 0 fully saturated rings. The van der Waals surface area contributed by atoms with Crippen molar-refractivity contribution in [3.8, 4) is 0 Å². The molecular weight excluding hydrogens is 182 g/mol. The molecule has 0 aromatic carbocycles. The first kappa shape index (κ1) is 10.5. The van der Waals surface area contributed by atoms with Gasteiger partial charge >= 0.3 is 0 Å². The van der Waals surface area contributed by atoms with Crippen molar-refractivity contribution in [1.82, 2.24) is 0 Å². The van der Waals surface area contributed by atoms with Gasteiger partial charge < -0.3 is 5.73 Å². The molecule has 0 bridgehead atoms. The van der Waals surface area contributed by atoms with Crippen LogP contribution in [0.25, 0.3) is 0 Å². The highest BCUT2D eigenvalue weighted by Crippen LogP contribution is 2.11. The Bertz CT molecular complexity index is 352. The molecule has 0 saturated carbocycles. The van der Waals surface area contributed by atoms with Gasteiger partial charge in [0.25, 0.3) is 0 Å². The lowest BCUT2D eigenvalue weighted by Crippen LogP contribution is -2.29. The number of ketones is 3. The number of Topliss-reactive ketones (excluding diaryl/α,β-unsaturated/α-hetero) is 1. The third-order valence-corrected chi connectivity index (χ3v) is 1.99. The van der Waals surface area contributed by atoms with Gasteiger partial charge in [-0.25, -0.2) is 0 Å². The molecule has 14 heavy (non-hydrogen) atoms. The highest BCUT2D eigenvalue weighted by Gasteiger charge is 2.16. The lowest BCUT2D eigenvalue weighted by atomic mass is 9.98. The SMILES string of the molecule is CC(=O)C(N)CC1=CC(=O)C(=O)C=C1. The Hall–Kier alpha value is -1.55. The molecule has 0 aliphatic heterocycles. The first-order valence-electron chi connectivity index (χ1n) is 4.23. The van der Waals surface area contributed by atoms with Gasteiger partial charge in [-0.3, -0.25) is 14.4 Å². The summed E-state index contributed by atoms with van der Waals surface area (Å²) in [7, 11) is 0. The van der Waals surface area contributed by atoms with Gasteiger partial charge in [0.1, 0.15) is 5.78 Å². The van der Waals surface area contributed by atoms with Gasteiger partial charge in [0.2, 0.25) is 11.6 Å². The van der Waals surface area contributed by atoms with E-state index in [2.05, 4.69) is 0 Å². The zero-order chi connectivity index (χ0) is 10.7. The van der Waals surface area contributed by atoms with Crippen LogP contribution in [0.15, 0.2) is 23.8 Å². The minimum absolute atomic E-state index is 0.136. The minimum atomic E-state index is -0.605. The predicted molar refractivity (Wildman–Crippen MR) is 50.5 cm³/mol. The third-order valence-electron chi connectivity index (χ3n) is 1.99. The average molecular weight is 193 g/mol. The van der Waals surface area contributed by atoms with Gasteiger partial charge in [-0.1, -0.05) is 6.08 Å². The highest BCUT2D eigenvalue weighted by molar-refractivity contribution is 6.46. The molecule has 1 rings (SSSR count). The zero-order valence-electron chi connectivity index (χ0n) is 7.82. The molecule has 1 aliphatic carbocycles. The molecule has 0 spiro atoms. The number of allylic oxidation sites excluding steroid dienone is 3. The van der Waals surface area contributed by atoms with Gasteiger partial charge in [-0.15, -0.1) is 0 Å². The van der Waals surface area contributed by atoms with Crippen molar-refractivity contribution in [1.29, 1.82) is 0 Å². The Balaban J connectivity index is 2.68. The number of carbonyl (C=O) groups excluding carboxylic acids is 3. The van der Waals surface area contributed by atoms with Crippen LogP contribution < -0.4 is 5.73 Å². The zero-order valence-corrected chi connectivity index (χ0v) is 7.82. The minimum Gasteiger partial charge on any atom is -0.321 e. The van der Waals surface area contributed by atoms with E-state index in [4.69, 9.17) is 5.73 Å². The summed E-state index contributed by atoms with van der Waals surface area (Å²) in [4.78, 5) is 32.6. The van der Waals surface area contributed by atoms with Gasteiger partial charge in [0.15, 0.2) is 0 Å². The fourth-order valence-electron chi connectivity index (χ4n) is 1.08. The van der Waals surface area contributed by atoms with Crippen molar-refractivity contribution < 1.29 is 14.4 Å². The van der Waals surface area contributed by atoms with Crippen molar-refractivity contribution in [2.24, 2.45) is 5.73 Å². The summed E-state index contributed by atoms with van der Waals surface area (Å²) < 4.78 is 0. The largest absolute Gasteiger partial charge is 0.321 e. The van der Waals surface area contributed by atoms with Gasteiger partial charge in [-0.2, -0.15) is 0 Å². The van der Waals surface area contributed by atoms with E-state index in [1.54, 1.807) is 0 Å². The van der Waals surface area contributed by atoms with Crippen molar-refractivity contribution >= 4 is 17.3 Å². The van der Waals surface area contributed by atoms with Gasteiger partial charge in [0, 0.05) is 0 Å². The van der Waals surface area contributed by atoms with E-state index in [1.807, 2.05) is 0 Å². The molecule has 74 valence electrons. The van der Waals surface area contributed by atoms with Crippen molar-refractivity contribution in [2.45, 2.75) is 19.4 Å². The van der Waals surface area contributed by atoms with Crippen molar-refractivity contribution in [3.63, 3.8) is 0 Å². The number of rotatable bonds is 3. The van der Waals surface area contributed by atoms with Crippen molar-refractivity contribution in [2.75, 3.05) is 0 Å². The normalized spacial score (nSPS) is 18.0. The van der Waals surface area contributed by atoms with Crippen LogP contribution in [-0.4, -0.2) is 23.4 Å². The molecule has 0 aromatic rings. The predicted octanol–water partition coefficient (Wildman–Crippen LogP) is -0.0728. The summed E-state index contributed by atoms with van der Waals surface area (Å²) in [5.41, 5.74) is 6.13. The maximum atomic E-state index is 11.0. The van der Waals surface area contributed by atoms with Crippen LogP contribution >= 0.6 is 0 Å². The molecule has 4 nitrogen and oxygen atoms in total. The Morgan fingerprint density at radius 3 is 2.50 bits per heavy atom. The van der Waals surface area contributed by atoms with Crippen LogP contribution in [0, 0.1) is 0 Å². The van der Waals surface area contributed by atoms with Gasteiger partial charge in [-0.05, 0) is 31.1 Å². The summed E-state index contributed by atoms with van der Waals surface area (Å²) in [6, 6.07) is -0.605. The lowest BCUT2D eigenvalue weighted by molar-refractivity contribution is -0.131. The summed E-state index contributed by atoms with van der Waals surface area (Å²) in [6.07, 6.45) is 4.24. The molecule has 4 heteroatoms. The second kappa shape index (κ2) is 4.11. The van der Waals surface area contributed by atoms with E-state index in [0.717, 1.165) is 0 Å². The second-order valence-corrected chi connectivity index (χ2v) is 3.20. The standard InChI is InChI=1S/C10H11NO3/c1-6(12)8(11)4-7-2-3-9(13)10(14)5-7/h2-3,5,8H,4,11H2,1H3. The van der Waals surface area contributed by atoms with E-state index in [-0.39, 0.29) is 5.78 Å². The molecule has 0 heterocycles. The molecule has 1 atom stereocenters. The number of hydrogen-bond acceptors (Lipinski definition) is 4. The molecule has 1 aliphatic rings. The van der Waals surface area contributed by atoms with Crippen LogP contribution in [-0.2, 0) is 14.4 Å². The van der Waals surface area contributed by atoms with E-state index in [1.165, 1.54) is 25.2 Å². The maximum Gasteiger partial charge on any atom is 0.225 e.